The van der Waals surface area contributed by atoms with E-state index in [4.69, 9.17) is 4.74 Å². The van der Waals surface area contributed by atoms with Gasteiger partial charge in [-0.2, -0.15) is 0 Å². The molecule has 0 N–H and O–H groups in total. The van der Waals surface area contributed by atoms with Gasteiger partial charge in [-0.25, -0.2) is 4.98 Å². The molecular weight excluding hydrogens is 260 g/mol. The highest BCUT2D eigenvalue weighted by Gasteiger charge is 2.05. The fraction of sp³-hybridized carbons (Fsp3) is 0.143. The molecule has 0 spiro atoms. The Labute approximate surface area is 113 Å². The lowest BCUT2D eigenvalue weighted by Gasteiger charge is -2.06. The van der Waals surface area contributed by atoms with Gasteiger partial charge in [0.15, 0.2) is 0 Å². The van der Waals surface area contributed by atoms with E-state index in [0.717, 1.165) is 15.8 Å². The summed E-state index contributed by atoms with van der Waals surface area (Å²) in [6.07, 6.45) is 1.81. The van der Waals surface area contributed by atoms with E-state index in [-0.39, 0.29) is 5.56 Å². The van der Waals surface area contributed by atoms with Gasteiger partial charge in [0, 0.05) is 17.0 Å². The first-order valence-corrected chi connectivity index (χ1v) is 6.72. The zero-order chi connectivity index (χ0) is 13.2. The molecule has 3 aromatic heterocycles. The van der Waals surface area contributed by atoms with Crippen LogP contribution in [0.4, 0.5) is 0 Å². The maximum atomic E-state index is 12.3. The highest BCUT2D eigenvalue weighted by molar-refractivity contribution is 7.17. The second-order valence-corrected chi connectivity index (χ2v) is 5.07. The average Bonchev–Trinajstić information content (AvgIpc) is 2.91. The lowest BCUT2D eigenvalue weighted by atomic mass is 10.3. The van der Waals surface area contributed by atoms with E-state index in [9.17, 15) is 4.79 Å². The van der Waals surface area contributed by atoms with Crippen LogP contribution in [0.25, 0.3) is 10.1 Å². The number of methoxy groups -OCH3 is 1. The number of aromatic nitrogens is 2. The Morgan fingerprint density at radius 3 is 3.05 bits per heavy atom. The summed E-state index contributed by atoms with van der Waals surface area (Å²) in [5.41, 5.74) is 0.819. The van der Waals surface area contributed by atoms with Crippen molar-refractivity contribution in [1.82, 2.24) is 9.55 Å². The van der Waals surface area contributed by atoms with E-state index < -0.39 is 0 Å². The van der Waals surface area contributed by atoms with Crippen molar-refractivity contribution in [2.45, 2.75) is 6.54 Å². The van der Waals surface area contributed by atoms with E-state index >= 15 is 0 Å². The quantitative estimate of drug-likeness (QED) is 0.736. The molecular formula is C14H12N2O2S. The molecule has 3 heterocycles. The number of thiophene rings is 1. The third-order valence-corrected chi connectivity index (χ3v) is 3.80. The topological polar surface area (TPSA) is 44.1 Å². The number of hydrogen-bond donors (Lipinski definition) is 0. The molecule has 0 aliphatic carbocycles. The van der Waals surface area contributed by atoms with Crippen molar-refractivity contribution in [2.75, 3.05) is 7.11 Å². The second kappa shape index (κ2) is 4.85. The van der Waals surface area contributed by atoms with Crippen LogP contribution >= 0.6 is 11.3 Å². The fourth-order valence-corrected chi connectivity index (χ4v) is 2.74. The Bertz CT molecular complexity index is 776. The lowest BCUT2D eigenvalue weighted by Crippen LogP contribution is -2.19. The highest BCUT2D eigenvalue weighted by atomic mass is 32.1. The van der Waals surface area contributed by atoms with Gasteiger partial charge in [-0.1, -0.05) is 6.07 Å². The van der Waals surface area contributed by atoms with Gasteiger partial charge in [-0.05, 0) is 23.6 Å². The Hall–Kier alpha value is -2.14. The predicted octanol–water partition coefficient (Wildman–Crippen LogP) is 2.51. The Morgan fingerprint density at radius 1 is 1.32 bits per heavy atom. The van der Waals surface area contributed by atoms with Crippen molar-refractivity contribution in [3.63, 3.8) is 0 Å². The molecule has 0 saturated carbocycles. The summed E-state index contributed by atoms with van der Waals surface area (Å²) in [6.45, 7) is 0.446. The Morgan fingerprint density at radius 2 is 2.21 bits per heavy atom. The monoisotopic (exact) mass is 272 g/mol. The fourth-order valence-electron chi connectivity index (χ4n) is 1.97. The predicted molar refractivity (Wildman–Crippen MR) is 76.0 cm³/mol. The van der Waals surface area contributed by atoms with Crippen molar-refractivity contribution in [1.29, 1.82) is 0 Å². The van der Waals surface area contributed by atoms with Crippen molar-refractivity contribution in [2.24, 2.45) is 0 Å². The summed E-state index contributed by atoms with van der Waals surface area (Å²) in [4.78, 5) is 16.6. The molecule has 3 rings (SSSR count). The average molecular weight is 272 g/mol. The van der Waals surface area contributed by atoms with E-state index in [0.29, 0.717) is 12.4 Å². The van der Waals surface area contributed by atoms with E-state index in [1.165, 1.54) is 0 Å². The molecule has 0 atom stereocenters. The van der Waals surface area contributed by atoms with Crippen molar-refractivity contribution >= 4 is 21.4 Å². The highest BCUT2D eigenvalue weighted by Crippen LogP contribution is 2.16. The summed E-state index contributed by atoms with van der Waals surface area (Å²) < 4.78 is 7.76. The van der Waals surface area contributed by atoms with Gasteiger partial charge in [0.25, 0.3) is 5.56 Å². The molecule has 0 aliphatic rings. The zero-order valence-corrected chi connectivity index (χ0v) is 11.2. The zero-order valence-electron chi connectivity index (χ0n) is 10.4. The first-order chi connectivity index (χ1) is 9.28. The number of fused-ring (bicyclic) bond motifs is 1. The Balaban J connectivity index is 2.00. The number of nitrogens with zero attached hydrogens (tertiary/aromatic N) is 2. The van der Waals surface area contributed by atoms with Crippen LogP contribution in [0.3, 0.4) is 0 Å². The summed E-state index contributed by atoms with van der Waals surface area (Å²) in [6, 6.07) is 9.36. The van der Waals surface area contributed by atoms with Gasteiger partial charge < -0.3 is 9.30 Å². The number of ether oxygens (including phenoxy) is 1. The SMILES string of the molecule is COc1cccc(Cn2ccc3sccc3c2=O)n1. The number of rotatable bonds is 3. The van der Waals surface area contributed by atoms with Crippen LogP contribution in [0.1, 0.15) is 5.69 Å². The van der Waals surface area contributed by atoms with Gasteiger partial charge >= 0.3 is 0 Å². The third kappa shape index (κ3) is 2.24. The molecule has 3 aromatic rings. The molecule has 4 nitrogen and oxygen atoms in total. The maximum Gasteiger partial charge on any atom is 0.259 e. The van der Waals surface area contributed by atoms with E-state index in [1.54, 1.807) is 29.1 Å². The summed E-state index contributed by atoms with van der Waals surface area (Å²) >= 11 is 1.57. The van der Waals surface area contributed by atoms with Crippen LogP contribution in [0.2, 0.25) is 0 Å². The van der Waals surface area contributed by atoms with E-state index in [2.05, 4.69) is 4.98 Å². The van der Waals surface area contributed by atoms with Crippen molar-refractivity contribution in [3.05, 3.63) is 58.0 Å². The third-order valence-electron chi connectivity index (χ3n) is 2.91. The molecule has 0 radical (unpaired) electrons. The molecule has 0 saturated heterocycles. The minimum Gasteiger partial charge on any atom is -0.481 e. The molecule has 5 heteroatoms. The van der Waals surface area contributed by atoms with Crippen LogP contribution in [-0.2, 0) is 6.54 Å². The standard InChI is InChI=1S/C14H12N2O2S/c1-18-13-4-2-3-10(15-13)9-16-7-5-12-11(14(16)17)6-8-19-12/h2-8H,9H2,1H3. The largest absolute Gasteiger partial charge is 0.481 e. The van der Waals surface area contributed by atoms with Crippen LogP contribution in [-0.4, -0.2) is 16.7 Å². The van der Waals surface area contributed by atoms with Crippen LogP contribution in [0, 0.1) is 0 Å². The van der Waals surface area contributed by atoms with Crippen molar-refractivity contribution in [3.8, 4) is 5.88 Å². The molecule has 0 aliphatic heterocycles. The Kier molecular flexibility index (Phi) is 3.05. The van der Waals surface area contributed by atoms with Crippen molar-refractivity contribution < 1.29 is 4.74 Å². The molecule has 19 heavy (non-hydrogen) atoms. The molecule has 0 amide bonds. The smallest absolute Gasteiger partial charge is 0.259 e. The van der Waals surface area contributed by atoms with Gasteiger partial charge in [0.05, 0.1) is 24.7 Å². The van der Waals surface area contributed by atoms with E-state index in [1.807, 2.05) is 35.8 Å². The summed E-state index contributed by atoms with van der Waals surface area (Å²) in [5, 5.41) is 2.69. The van der Waals surface area contributed by atoms with Gasteiger partial charge in [-0.15, -0.1) is 11.3 Å². The minimum atomic E-state index is 0.0170. The molecule has 0 aromatic carbocycles. The normalized spacial score (nSPS) is 10.8. The summed E-state index contributed by atoms with van der Waals surface area (Å²) in [5.74, 6) is 0.558. The molecule has 96 valence electrons. The first-order valence-electron chi connectivity index (χ1n) is 5.84. The first kappa shape index (κ1) is 11.9. The number of pyridine rings is 2. The van der Waals surface area contributed by atoms with Crippen LogP contribution < -0.4 is 10.3 Å². The minimum absolute atomic E-state index is 0.0170. The molecule has 0 fully saturated rings. The van der Waals surface area contributed by atoms with Crippen LogP contribution in [0.15, 0.2) is 46.7 Å². The number of hydrogen-bond acceptors (Lipinski definition) is 4. The molecule has 0 unspecified atom stereocenters. The summed E-state index contributed by atoms with van der Waals surface area (Å²) in [7, 11) is 1.58. The lowest BCUT2D eigenvalue weighted by molar-refractivity contribution is 0.396. The van der Waals surface area contributed by atoms with Gasteiger partial charge in [0.2, 0.25) is 5.88 Å². The maximum absolute atomic E-state index is 12.3. The second-order valence-electron chi connectivity index (χ2n) is 4.12. The van der Waals surface area contributed by atoms with Gasteiger partial charge in [0.1, 0.15) is 0 Å². The van der Waals surface area contributed by atoms with Gasteiger partial charge in [-0.3, -0.25) is 4.79 Å². The van der Waals surface area contributed by atoms with Crippen LogP contribution in [0.5, 0.6) is 5.88 Å². The molecule has 0 bridgehead atoms.